The first-order valence-electron chi connectivity index (χ1n) is 3.99. The van der Waals surface area contributed by atoms with Crippen LogP contribution in [0.1, 0.15) is 5.56 Å². The van der Waals surface area contributed by atoms with Crippen LogP contribution in [0.4, 0.5) is 0 Å². The van der Waals surface area contributed by atoms with Gasteiger partial charge in [-0.05, 0) is 40.0 Å². The average Bonchev–Trinajstić information content (AvgIpc) is 2.15. The van der Waals surface area contributed by atoms with Crippen molar-refractivity contribution in [2.45, 2.75) is 0 Å². The highest BCUT2D eigenvalue weighted by molar-refractivity contribution is 9.10. The molecule has 0 amide bonds. The molecule has 5 heteroatoms. The second-order valence-electron chi connectivity index (χ2n) is 2.85. The fourth-order valence-corrected chi connectivity index (χ4v) is 1.60. The summed E-state index contributed by atoms with van der Waals surface area (Å²) in [6.07, 6.45) is 1.07. The Bertz CT molecular complexity index is 523. The highest BCUT2D eigenvalue weighted by Gasteiger charge is 2.00. The largest absolute Gasteiger partial charge is 0.496 e. The molecule has 0 saturated carbocycles. The van der Waals surface area contributed by atoms with Gasteiger partial charge in [0.15, 0.2) is 0 Å². The van der Waals surface area contributed by atoms with Gasteiger partial charge in [0.05, 0.1) is 17.8 Å². The summed E-state index contributed by atoms with van der Waals surface area (Å²) in [6.45, 7) is 0. The van der Waals surface area contributed by atoms with Gasteiger partial charge in [-0.1, -0.05) is 0 Å². The second-order valence-corrected chi connectivity index (χ2v) is 5.45. The van der Waals surface area contributed by atoms with Crippen LogP contribution in [0.15, 0.2) is 22.7 Å². The molecule has 3 nitrogen and oxygen atoms in total. The van der Waals surface area contributed by atoms with Crippen LogP contribution < -0.4 is 4.74 Å². The first-order valence-corrected chi connectivity index (χ1v) is 6.67. The maximum absolute atomic E-state index is 10.8. The summed E-state index contributed by atoms with van der Waals surface area (Å²) >= 11 is 3.29. The lowest BCUT2D eigenvalue weighted by Gasteiger charge is -2.02. The number of benzene rings is 1. The Morgan fingerprint density at radius 2 is 2.07 bits per heavy atom. The Morgan fingerprint density at radius 3 is 2.60 bits per heavy atom. The summed E-state index contributed by atoms with van der Waals surface area (Å²) in [5.74, 6) is 3.17. The highest BCUT2D eigenvalue weighted by atomic mass is 79.9. The van der Waals surface area contributed by atoms with Crippen LogP contribution in [-0.2, 0) is 9.84 Å². The van der Waals surface area contributed by atoms with E-state index in [0.29, 0.717) is 11.3 Å². The molecule has 0 aliphatic rings. The van der Waals surface area contributed by atoms with E-state index in [2.05, 4.69) is 27.1 Å². The minimum absolute atomic E-state index is 0.598. The van der Waals surface area contributed by atoms with E-state index in [9.17, 15) is 8.42 Å². The molecule has 0 aromatic heterocycles. The number of sulfone groups is 1. The molecular weight excluding hydrogens is 280 g/mol. The van der Waals surface area contributed by atoms with Crippen LogP contribution in [0.25, 0.3) is 0 Å². The molecular formula is C10H9BrO3S. The lowest BCUT2D eigenvalue weighted by atomic mass is 10.2. The first-order chi connectivity index (χ1) is 6.92. The Labute approximate surface area is 97.5 Å². The maximum Gasteiger partial charge on any atom is 0.214 e. The highest BCUT2D eigenvalue weighted by Crippen LogP contribution is 2.25. The number of hydrogen-bond acceptors (Lipinski definition) is 3. The SMILES string of the molecule is COc1cc(C#CS(C)(=O)=O)ccc1Br. The van der Waals surface area contributed by atoms with Gasteiger partial charge in [0.25, 0.3) is 0 Å². The quantitative estimate of drug-likeness (QED) is 0.741. The topological polar surface area (TPSA) is 43.4 Å². The van der Waals surface area contributed by atoms with E-state index in [-0.39, 0.29) is 0 Å². The zero-order chi connectivity index (χ0) is 11.5. The Morgan fingerprint density at radius 1 is 1.40 bits per heavy atom. The van der Waals surface area contributed by atoms with E-state index in [0.717, 1.165) is 10.7 Å². The van der Waals surface area contributed by atoms with Gasteiger partial charge in [-0.15, -0.1) is 0 Å². The van der Waals surface area contributed by atoms with Gasteiger partial charge in [-0.3, -0.25) is 0 Å². The third-order valence-corrected chi connectivity index (χ3v) is 2.66. The molecule has 0 aliphatic carbocycles. The molecule has 1 aromatic carbocycles. The zero-order valence-electron chi connectivity index (χ0n) is 8.24. The van der Waals surface area contributed by atoms with E-state index in [1.807, 2.05) is 0 Å². The van der Waals surface area contributed by atoms with Gasteiger partial charge >= 0.3 is 0 Å². The summed E-state index contributed by atoms with van der Waals surface area (Å²) in [7, 11) is -1.73. The maximum atomic E-state index is 10.8. The minimum atomic E-state index is -3.27. The molecule has 0 unspecified atom stereocenters. The van der Waals surface area contributed by atoms with Crippen LogP contribution in [0.5, 0.6) is 5.75 Å². The van der Waals surface area contributed by atoms with Crippen LogP contribution in [0, 0.1) is 11.2 Å². The molecule has 15 heavy (non-hydrogen) atoms. The normalized spacial score (nSPS) is 10.3. The Balaban J connectivity index is 3.12. The molecule has 80 valence electrons. The smallest absolute Gasteiger partial charge is 0.214 e. The molecule has 0 spiro atoms. The van der Waals surface area contributed by atoms with Crippen molar-refractivity contribution in [3.63, 3.8) is 0 Å². The van der Waals surface area contributed by atoms with Crippen molar-refractivity contribution in [3.05, 3.63) is 28.2 Å². The standard InChI is InChI=1S/C10H9BrO3S/c1-14-10-7-8(3-4-9(10)11)5-6-15(2,12)13/h3-4,7H,1-2H3. The summed E-state index contributed by atoms with van der Waals surface area (Å²) in [6, 6.07) is 5.14. The lowest BCUT2D eigenvalue weighted by molar-refractivity contribution is 0.412. The van der Waals surface area contributed by atoms with Crippen molar-refractivity contribution < 1.29 is 13.2 Å². The van der Waals surface area contributed by atoms with Crippen molar-refractivity contribution in [2.24, 2.45) is 0 Å². The molecule has 1 aromatic rings. The Kier molecular flexibility index (Phi) is 3.77. The van der Waals surface area contributed by atoms with E-state index < -0.39 is 9.84 Å². The number of methoxy groups -OCH3 is 1. The third kappa shape index (κ3) is 3.94. The van der Waals surface area contributed by atoms with Gasteiger partial charge in [0.1, 0.15) is 5.75 Å². The second kappa shape index (κ2) is 4.69. The first kappa shape index (κ1) is 12.1. The number of rotatable bonds is 1. The summed E-state index contributed by atoms with van der Waals surface area (Å²) in [4.78, 5) is 0. The predicted octanol–water partition coefficient (Wildman–Crippen LogP) is 1.81. The monoisotopic (exact) mass is 288 g/mol. The van der Waals surface area contributed by atoms with Crippen LogP contribution in [0.3, 0.4) is 0 Å². The zero-order valence-corrected chi connectivity index (χ0v) is 10.6. The summed E-state index contributed by atoms with van der Waals surface area (Å²) < 4.78 is 27.5. The molecule has 0 saturated heterocycles. The fraction of sp³-hybridized carbons (Fsp3) is 0.200. The predicted molar refractivity (Wildman–Crippen MR) is 62.4 cm³/mol. The number of halogens is 1. The average molecular weight is 289 g/mol. The summed E-state index contributed by atoms with van der Waals surface area (Å²) in [5.41, 5.74) is 0.598. The molecule has 0 radical (unpaired) electrons. The van der Waals surface area contributed by atoms with Gasteiger partial charge < -0.3 is 4.74 Å². The summed E-state index contributed by atoms with van der Waals surface area (Å²) in [5, 5.41) is 2.16. The van der Waals surface area contributed by atoms with Crippen LogP contribution in [0.2, 0.25) is 0 Å². The molecule has 0 atom stereocenters. The van der Waals surface area contributed by atoms with Crippen molar-refractivity contribution in [1.29, 1.82) is 0 Å². The lowest BCUT2D eigenvalue weighted by Crippen LogP contribution is -1.90. The van der Waals surface area contributed by atoms with Gasteiger partial charge in [0.2, 0.25) is 9.84 Å². The van der Waals surface area contributed by atoms with Crippen molar-refractivity contribution in [3.8, 4) is 16.9 Å². The van der Waals surface area contributed by atoms with Crippen molar-refractivity contribution in [2.75, 3.05) is 13.4 Å². The number of hydrogen-bond donors (Lipinski definition) is 0. The molecule has 0 aliphatic heterocycles. The Hall–Kier alpha value is -0.990. The van der Waals surface area contributed by atoms with Gasteiger partial charge in [-0.25, -0.2) is 8.42 Å². The fourth-order valence-electron chi connectivity index (χ4n) is 0.889. The molecule has 0 N–H and O–H groups in total. The van der Waals surface area contributed by atoms with Gasteiger partial charge in [-0.2, -0.15) is 0 Å². The molecule has 1 rings (SSSR count). The third-order valence-electron chi connectivity index (χ3n) is 1.53. The van der Waals surface area contributed by atoms with Crippen molar-refractivity contribution >= 4 is 25.8 Å². The van der Waals surface area contributed by atoms with E-state index in [1.54, 1.807) is 18.2 Å². The van der Waals surface area contributed by atoms with Crippen molar-refractivity contribution in [1.82, 2.24) is 0 Å². The number of ether oxygens (including phenoxy) is 1. The van der Waals surface area contributed by atoms with Crippen LogP contribution >= 0.6 is 15.9 Å². The van der Waals surface area contributed by atoms with E-state index >= 15 is 0 Å². The molecule has 0 fully saturated rings. The minimum Gasteiger partial charge on any atom is -0.496 e. The molecule has 0 bridgehead atoms. The van der Waals surface area contributed by atoms with Crippen LogP contribution in [-0.4, -0.2) is 21.8 Å². The molecule has 0 heterocycles. The van der Waals surface area contributed by atoms with Gasteiger partial charge in [0, 0.05) is 10.8 Å². The van der Waals surface area contributed by atoms with E-state index in [1.165, 1.54) is 7.11 Å². The van der Waals surface area contributed by atoms with E-state index in [4.69, 9.17) is 4.74 Å².